The topological polar surface area (TPSA) is 45.1 Å². The molecule has 5 heteroatoms. The second-order valence-corrected chi connectivity index (χ2v) is 3.28. The summed E-state index contributed by atoms with van der Waals surface area (Å²) in [6.07, 6.45) is 6.98. The van der Waals surface area contributed by atoms with Gasteiger partial charge in [-0.05, 0) is 18.9 Å². The van der Waals surface area contributed by atoms with Crippen LogP contribution < -0.4 is 0 Å². The lowest BCUT2D eigenvalue weighted by Gasteiger charge is -2.22. The van der Waals surface area contributed by atoms with Crippen molar-refractivity contribution in [2.24, 2.45) is 4.99 Å². The van der Waals surface area contributed by atoms with Crippen LogP contribution in [0.5, 0.6) is 0 Å². The van der Waals surface area contributed by atoms with Gasteiger partial charge in [-0.3, -0.25) is 4.99 Å². The number of carbonyl (C=O) groups is 1. The van der Waals surface area contributed by atoms with Crippen LogP contribution in [0.1, 0.15) is 12.8 Å². The molecule has 0 aromatic carbocycles. The third-order valence-electron chi connectivity index (χ3n) is 2.22. The van der Waals surface area contributed by atoms with Crippen LogP contribution >= 0.6 is 0 Å². The van der Waals surface area contributed by atoms with Crippen LogP contribution in [0.15, 0.2) is 17.3 Å². The summed E-state index contributed by atoms with van der Waals surface area (Å²) in [5, 5.41) is 1.43. The van der Waals surface area contributed by atoms with E-state index in [0.29, 0.717) is 6.67 Å². The third-order valence-corrected chi connectivity index (χ3v) is 2.22. The summed E-state index contributed by atoms with van der Waals surface area (Å²) in [5.41, 5.74) is 0. The van der Waals surface area contributed by atoms with Crippen molar-refractivity contribution in [1.29, 1.82) is 0 Å². The average molecular weight is 195 g/mol. The lowest BCUT2D eigenvalue weighted by molar-refractivity contribution is -0.0697. The number of hydrogen-bond donors (Lipinski definition) is 0. The Morgan fingerprint density at radius 2 is 2.14 bits per heavy atom. The number of amides is 1. The SMILES string of the molecule is O=C(ON1C=CC=NC1)N1CCCC1. The van der Waals surface area contributed by atoms with Gasteiger partial charge in [0.1, 0.15) is 6.67 Å². The van der Waals surface area contributed by atoms with Crippen LogP contribution in [0.4, 0.5) is 4.79 Å². The van der Waals surface area contributed by atoms with E-state index in [0.717, 1.165) is 25.9 Å². The summed E-state index contributed by atoms with van der Waals surface area (Å²) in [5.74, 6) is 0. The van der Waals surface area contributed by atoms with Gasteiger partial charge >= 0.3 is 6.09 Å². The fraction of sp³-hybridized carbons (Fsp3) is 0.556. The normalized spacial score (nSPS) is 20.3. The van der Waals surface area contributed by atoms with Crippen LogP contribution in [0.3, 0.4) is 0 Å². The van der Waals surface area contributed by atoms with E-state index >= 15 is 0 Å². The van der Waals surface area contributed by atoms with Gasteiger partial charge < -0.3 is 9.74 Å². The van der Waals surface area contributed by atoms with Crippen LogP contribution in [-0.2, 0) is 4.84 Å². The van der Waals surface area contributed by atoms with E-state index in [1.165, 1.54) is 5.06 Å². The van der Waals surface area contributed by atoms with Crippen molar-refractivity contribution >= 4 is 12.3 Å². The molecule has 2 rings (SSSR count). The fourth-order valence-corrected chi connectivity index (χ4v) is 1.49. The second kappa shape index (κ2) is 4.13. The van der Waals surface area contributed by atoms with E-state index in [-0.39, 0.29) is 6.09 Å². The third kappa shape index (κ3) is 2.04. The van der Waals surface area contributed by atoms with Crippen LogP contribution in [-0.4, -0.2) is 42.0 Å². The molecule has 1 saturated heterocycles. The molecule has 0 radical (unpaired) electrons. The first-order valence-electron chi connectivity index (χ1n) is 4.76. The van der Waals surface area contributed by atoms with Gasteiger partial charge in [-0.2, -0.15) is 5.06 Å². The maximum Gasteiger partial charge on any atom is 0.434 e. The van der Waals surface area contributed by atoms with Crippen molar-refractivity contribution in [1.82, 2.24) is 9.96 Å². The Kier molecular flexibility index (Phi) is 2.67. The molecule has 2 aliphatic rings. The number of nitrogens with zero attached hydrogens (tertiary/aromatic N) is 3. The van der Waals surface area contributed by atoms with E-state index in [1.807, 2.05) is 0 Å². The van der Waals surface area contributed by atoms with Gasteiger partial charge in [0, 0.05) is 25.5 Å². The van der Waals surface area contributed by atoms with Crippen molar-refractivity contribution < 1.29 is 9.63 Å². The van der Waals surface area contributed by atoms with Gasteiger partial charge in [-0.15, -0.1) is 0 Å². The van der Waals surface area contributed by atoms with Gasteiger partial charge in [-0.1, -0.05) is 0 Å². The Balaban J connectivity index is 1.81. The van der Waals surface area contributed by atoms with E-state index in [1.54, 1.807) is 23.4 Å². The molecule has 0 bridgehead atoms. The zero-order chi connectivity index (χ0) is 9.80. The van der Waals surface area contributed by atoms with E-state index in [2.05, 4.69) is 4.99 Å². The number of hydroxylamine groups is 2. The average Bonchev–Trinajstić information content (AvgIpc) is 2.72. The summed E-state index contributed by atoms with van der Waals surface area (Å²) in [7, 11) is 0. The number of likely N-dealkylation sites (tertiary alicyclic amines) is 1. The lowest BCUT2D eigenvalue weighted by atomic mass is 10.4. The molecular weight excluding hydrogens is 182 g/mol. The summed E-state index contributed by atoms with van der Waals surface area (Å²) in [6.45, 7) is 2.00. The second-order valence-electron chi connectivity index (χ2n) is 3.28. The maximum atomic E-state index is 11.5. The standard InChI is InChI=1S/C9H13N3O2/c13-9(11-5-1-2-6-11)14-12-7-3-4-10-8-12/h3-4,7H,1-2,5-6,8H2. The number of aliphatic imine (C=N–C) groups is 1. The van der Waals surface area contributed by atoms with Crippen LogP contribution in [0, 0.1) is 0 Å². The first-order chi connectivity index (χ1) is 6.86. The first kappa shape index (κ1) is 9.05. The maximum absolute atomic E-state index is 11.5. The molecule has 5 nitrogen and oxygen atoms in total. The van der Waals surface area contributed by atoms with Crippen molar-refractivity contribution in [2.75, 3.05) is 19.8 Å². The van der Waals surface area contributed by atoms with Crippen molar-refractivity contribution in [3.05, 3.63) is 12.3 Å². The van der Waals surface area contributed by atoms with Gasteiger partial charge in [0.2, 0.25) is 0 Å². The Morgan fingerprint density at radius 1 is 1.36 bits per heavy atom. The van der Waals surface area contributed by atoms with Gasteiger partial charge in [0.15, 0.2) is 0 Å². The minimum absolute atomic E-state index is 0.274. The van der Waals surface area contributed by atoms with Gasteiger partial charge in [0.05, 0.1) is 0 Å². The molecule has 14 heavy (non-hydrogen) atoms. The molecule has 76 valence electrons. The molecule has 2 heterocycles. The molecule has 0 atom stereocenters. The Hall–Kier alpha value is -1.52. The van der Waals surface area contributed by atoms with Crippen LogP contribution in [0.25, 0.3) is 0 Å². The summed E-state index contributed by atoms with van der Waals surface area (Å²) in [4.78, 5) is 22.3. The molecule has 0 N–H and O–H groups in total. The van der Waals surface area contributed by atoms with Gasteiger partial charge in [0.25, 0.3) is 0 Å². The van der Waals surface area contributed by atoms with Crippen molar-refractivity contribution in [3.8, 4) is 0 Å². The van der Waals surface area contributed by atoms with Gasteiger partial charge in [-0.25, -0.2) is 4.79 Å². The Bertz CT molecular complexity index is 269. The smallest absolute Gasteiger partial charge is 0.320 e. The molecule has 0 spiro atoms. The minimum atomic E-state index is -0.274. The zero-order valence-electron chi connectivity index (χ0n) is 7.93. The lowest BCUT2D eigenvalue weighted by Crippen LogP contribution is -2.34. The summed E-state index contributed by atoms with van der Waals surface area (Å²) in [6, 6.07) is 0. The molecule has 1 fully saturated rings. The van der Waals surface area contributed by atoms with E-state index in [9.17, 15) is 4.79 Å². The van der Waals surface area contributed by atoms with E-state index in [4.69, 9.17) is 4.84 Å². The number of rotatable bonds is 1. The number of allylic oxidation sites excluding steroid dienone is 1. The Morgan fingerprint density at radius 3 is 2.79 bits per heavy atom. The molecule has 0 aromatic heterocycles. The molecule has 2 aliphatic heterocycles. The fourth-order valence-electron chi connectivity index (χ4n) is 1.49. The molecule has 0 unspecified atom stereocenters. The predicted octanol–water partition coefficient (Wildman–Crippen LogP) is 0.991. The minimum Gasteiger partial charge on any atom is -0.320 e. The molecular formula is C9H13N3O2. The summed E-state index contributed by atoms with van der Waals surface area (Å²) < 4.78 is 0. The highest BCUT2D eigenvalue weighted by molar-refractivity contribution is 5.72. The zero-order valence-corrected chi connectivity index (χ0v) is 7.93. The Labute approximate surface area is 82.6 Å². The van der Waals surface area contributed by atoms with Crippen molar-refractivity contribution in [2.45, 2.75) is 12.8 Å². The highest BCUT2D eigenvalue weighted by Crippen LogP contribution is 2.10. The number of carbonyl (C=O) groups excluding carboxylic acids is 1. The molecule has 0 aliphatic carbocycles. The number of hydrogen-bond acceptors (Lipinski definition) is 4. The largest absolute Gasteiger partial charge is 0.434 e. The molecule has 1 amide bonds. The highest BCUT2D eigenvalue weighted by Gasteiger charge is 2.21. The van der Waals surface area contributed by atoms with Crippen molar-refractivity contribution in [3.63, 3.8) is 0 Å². The molecule has 0 saturated carbocycles. The quantitative estimate of drug-likeness (QED) is 0.626. The molecule has 0 aromatic rings. The predicted molar refractivity (Wildman–Crippen MR) is 51.6 cm³/mol. The first-order valence-corrected chi connectivity index (χ1v) is 4.76. The monoisotopic (exact) mass is 195 g/mol. The highest BCUT2D eigenvalue weighted by atomic mass is 16.7. The summed E-state index contributed by atoms with van der Waals surface area (Å²) >= 11 is 0. The van der Waals surface area contributed by atoms with Crippen LogP contribution in [0.2, 0.25) is 0 Å². The van der Waals surface area contributed by atoms with E-state index < -0.39 is 0 Å².